The molecule has 2 aromatic rings. The summed E-state index contributed by atoms with van der Waals surface area (Å²) in [6, 6.07) is 4.40. The number of amides is 1. The zero-order chi connectivity index (χ0) is 18.2. The Labute approximate surface area is 151 Å². The topological polar surface area (TPSA) is 92.5 Å². The first-order valence-electron chi connectivity index (χ1n) is 7.84. The number of nitrogens with zero attached hydrogens (tertiary/aromatic N) is 2. The third-order valence-electron chi connectivity index (χ3n) is 4.13. The molecule has 0 saturated carbocycles. The number of benzene rings is 1. The van der Waals surface area contributed by atoms with Crippen molar-refractivity contribution in [3.63, 3.8) is 0 Å². The Morgan fingerprint density at radius 1 is 1.28 bits per heavy atom. The first-order chi connectivity index (χ1) is 11.8. The van der Waals surface area contributed by atoms with Crippen molar-refractivity contribution in [2.45, 2.75) is 31.6 Å². The van der Waals surface area contributed by atoms with Gasteiger partial charge in [-0.3, -0.25) is 4.79 Å². The molecule has 1 aliphatic rings. The minimum atomic E-state index is -3.68. The Kier molecular flexibility index (Phi) is 4.86. The van der Waals surface area contributed by atoms with E-state index in [1.54, 1.807) is 19.9 Å². The van der Waals surface area contributed by atoms with Gasteiger partial charge in [0.25, 0.3) is 5.91 Å². The summed E-state index contributed by atoms with van der Waals surface area (Å²) in [5.74, 6) is -0.0167. The summed E-state index contributed by atoms with van der Waals surface area (Å²) in [7, 11) is -3.68. The molecule has 7 nitrogen and oxygen atoms in total. The van der Waals surface area contributed by atoms with E-state index < -0.39 is 15.9 Å². The molecule has 1 aliphatic heterocycles. The lowest BCUT2D eigenvalue weighted by atomic mass is 10.2. The number of carbonyl (C=O) groups excluding carboxylic acids is 1. The van der Waals surface area contributed by atoms with Gasteiger partial charge in [-0.1, -0.05) is 16.8 Å². The van der Waals surface area contributed by atoms with Crippen LogP contribution in [0.5, 0.6) is 0 Å². The van der Waals surface area contributed by atoms with Crippen molar-refractivity contribution < 1.29 is 17.7 Å². The molecule has 2 heterocycles. The molecule has 0 spiro atoms. The predicted molar refractivity (Wildman–Crippen MR) is 93.4 cm³/mol. The van der Waals surface area contributed by atoms with Gasteiger partial charge in [-0.15, -0.1) is 0 Å². The number of anilines is 1. The van der Waals surface area contributed by atoms with Gasteiger partial charge in [0.2, 0.25) is 10.0 Å². The lowest BCUT2D eigenvalue weighted by Crippen LogP contribution is -2.28. The van der Waals surface area contributed by atoms with Crippen LogP contribution in [0.15, 0.2) is 27.6 Å². The first kappa shape index (κ1) is 17.9. The normalized spacial score (nSPS) is 15.5. The molecule has 9 heteroatoms. The van der Waals surface area contributed by atoms with Crippen molar-refractivity contribution in [3.05, 3.63) is 40.2 Å². The van der Waals surface area contributed by atoms with Gasteiger partial charge >= 0.3 is 0 Å². The molecular weight excluding hydrogens is 366 g/mol. The first-order valence-corrected chi connectivity index (χ1v) is 9.66. The molecule has 0 aliphatic carbocycles. The van der Waals surface area contributed by atoms with E-state index in [1.165, 1.54) is 16.4 Å². The van der Waals surface area contributed by atoms with Crippen LogP contribution in [0.25, 0.3) is 0 Å². The second-order valence-electron chi connectivity index (χ2n) is 5.91. The quantitative estimate of drug-likeness (QED) is 0.876. The average molecular weight is 384 g/mol. The van der Waals surface area contributed by atoms with Crippen LogP contribution in [-0.4, -0.2) is 36.9 Å². The molecule has 1 saturated heterocycles. The minimum Gasteiger partial charge on any atom is -0.361 e. The maximum absolute atomic E-state index is 12.7. The Bertz CT molecular complexity index is 898. The lowest BCUT2D eigenvalue weighted by molar-refractivity contribution is 0.102. The maximum atomic E-state index is 12.7. The summed E-state index contributed by atoms with van der Waals surface area (Å²) in [4.78, 5) is 12.4. The van der Waals surface area contributed by atoms with Crippen molar-refractivity contribution in [1.82, 2.24) is 9.46 Å². The molecular formula is C16H18ClN3O4S. The summed E-state index contributed by atoms with van der Waals surface area (Å²) < 4.78 is 31.9. The van der Waals surface area contributed by atoms with Gasteiger partial charge < -0.3 is 9.84 Å². The molecule has 1 amide bonds. The predicted octanol–water partition coefficient (Wildman–Crippen LogP) is 2.98. The average Bonchev–Trinajstić information content (AvgIpc) is 3.19. The number of halogens is 1. The fourth-order valence-corrected chi connectivity index (χ4v) is 4.86. The van der Waals surface area contributed by atoms with Gasteiger partial charge in [0.05, 0.1) is 10.7 Å². The third-order valence-corrected chi connectivity index (χ3v) is 6.51. The number of hydrogen-bond donors (Lipinski definition) is 1. The molecule has 1 N–H and O–H groups in total. The highest BCUT2D eigenvalue weighted by atomic mass is 35.5. The fourth-order valence-electron chi connectivity index (χ4n) is 2.85. The van der Waals surface area contributed by atoms with Crippen LogP contribution >= 0.6 is 11.6 Å². The number of sulfonamides is 1. The van der Waals surface area contributed by atoms with E-state index in [1.807, 2.05) is 0 Å². The molecule has 1 fully saturated rings. The number of nitrogens with one attached hydrogen (secondary N) is 1. The van der Waals surface area contributed by atoms with Crippen molar-refractivity contribution in [3.8, 4) is 0 Å². The molecule has 25 heavy (non-hydrogen) atoms. The molecule has 1 aromatic heterocycles. The van der Waals surface area contributed by atoms with E-state index in [4.69, 9.17) is 16.1 Å². The third kappa shape index (κ3) is 3.42. The van der Waals surface area contributed by atoms with Crippen LogP contribution in [-0.2, 0) is 10.0 Å². The number of hydrogen-bond acceptors (Lipinski definition) is 5. The Morgan fingerprint density at radius 2 is 1.96 bits per heavy atom. The van der Waals surface area contributed by atoms with Crippen LogP contribution < -0.4 is 5.32 Å². The van der Waals surface area contributed by atoms with E-state index >= 15 is 0 Å². The second kappa shape index (κ2) is 6.78. The van der Waals surface area contributed by atoms with Gasteiger partial charge in [-0.25, -0.2) is 8.42 Å². The highest BCUT2D eigenvalue weighted by Crippen LogP contribution is 2.30. The fraction of sp³-hybridized carbons (Fsp3) is 0.375. The molecule has 0 atom stereocenters. The van der Waals surface area contributed by atoms with Gasteiger partial charge in [0, 0.05) is 18.8 Å². The minimum absolute atomic E-state index is 0.00682. The van der Waals surface area contributed by atoms with Crippen molar-refractivity contribution >= 4 is 33.2 Å². The monoisotopic (exact) mass is 383 g/mol. The Balaban J connectivity index is 1.91. The van der Waals surface area contributed by atoms with E-state index in [-0.39, 0.29) is 9.92 Å². The van der Waals surface area contributed by atoms with Gasteiger partial charge in [0.1, 0.15) is 16.2 Å². The molecule has 3 rings (SSSR count). The summed E-state index contributed by atoms with van der Waals surface area (Å²) in [5, 5.41) is 6.55. The molecule has 1 aromatic carbocycles. The highest BCUT2D eigenvalue weighted by molar-refractivity contribution is 7.89. The Morgan fingerprint density at radius 3 is 2.56 bits per heavy atom. The van der Waals surface area contributed by atoms with Crippen LogP contribution in [0.3, 0.4) is 0 Å². The summed E-state index contributed by atoms with van der Waals surface area (Å²) in [5.41, 5.74) is 1.14. The highest BCUT2D eigenvalue weighted by Gasteiger charge is 2.29. The van der Waals surface area contributed by atoms with Crippen molar-refractivity contribution in [2.75, 3.05) is 18.4 Å². The van der Waals surface area contributed by atoms with Gasteiger partial charge in [-0.2, -0.15) is 4.31 Å². The molecule has 0 radical (unpaired) electrons. The van der Waals surface area contributed by atoms with Gasteiger partial charge in [-0.05, 0) is 44.9 Å². The SMILES string of the molecule is Cc1noc(C)c1C(=O)Nc1ccc(Cl)c(S(=O)(=O)N2CCCC2)c1. The smallest absolute Gasteiger partial charge is 0.261 e. The lowest BCUT2D eigenvalue weighted by Gasteiger charge is -2.17. The second-order valence-corrected chi connectivity index (χ2v) is 8.22. The Hall–Kier alpha value is -1.90. The maximum Gasteiger partial charge on any atom is 0.261 e. The zero-order valence-corrected chi connectivity index (χ0v) is 15.4. The molecule has 0 bridgehead atoms. The van der Waals surface area contributed by atoms with E-state index in [2.05, 4.69) is 10.5 Å². The van der Waals surface area contributed by atoms with Crippen LogP contribution in [0, 0.1) is 13.8 Å². The number of carbonyl (C=O) groups is 1. The van der Waals surface area contributed by atoms with E-state index in [0.29, 0.717) is 35.8 Å². The largest absolute Gasteiger partial charge is 0.361 e. The summed E-state index contributed by atoms with van der Waals surface area (Å²) in [6.07, 6.45) is 1.67. The van der Waals surface area contributed by atoms with Crippen LogP contribution in [0.4, 0.5) is 5.69 Å². The van der Waals surface area contributed by atoms with E-state index in [0.717, 1.165) is 12.8 Å². The zero-order valence-electron chi connectivity index (χ0n) is 13.9. The number of aryl methyl sites for hydroxylation is 2. The number of aromatic nitrogens is 1. The molecule has 0 unspecified atom stereocenters. The van der Waals surface area contributed by atoms with Crippen LogP contribution in [0.2, 0.25) is 5.02 Å². The molecule has 134 valence electrons. The van der Waals surface area contributed by atoms with Gasteiger partial charge in [0.15, 0.2) is 0 Å². The standard InChI is InChI=1S/C16H18ClN3O4S/c1-10-15(11(2)24-19-10)16(21)18-12-5-6-13(17)14(9-12)25(22,23)20-7-3-4-8-20/h5-6,9H,3-4,7-8H2,1-2H3,(H,18,21). The van der Waals surface area contributed by atoms with E-state index in [9.17, 15) is 13.2 Å². The number of rotatable bonds is 4. The summed E-state index contributed by atoms with van der Waals surface area (Å²) >= 11 is 6.10. The van der Waals surface area contributed by atoms with Crippen LogP contribution in [0.1, 0.15) is 34.7 Å². The van der Waals surface area contributed by atoms with Crippen molar-refractivity contribution in [1.29, 1.82) is 0 Å². The van der Waals surface area contributed by atoms with Crippen molar-refractivity contribution in [2.24, 2.45) is 0 Å². The summed E-state index contributed by atoms with van der Waals surface area (Å²) in [6.45, 7) is 4.26.